The molecule has 0 saturated heterocycles. The summed E-state index contributed by atoms with van der Waals surface area (Å²) in [5.74, 6) is 0.748. The lowest BCUT2D eigenvalue weighted by Crippen LogP contribution is -2.03. The highest BCUT2D eigenvalue weighted by molar-refractivity contribution is 5.96. The summed E-state index contributed by atoms with van der Waals surface area (Å²) in [7, 11) is 0. The zero-order valence-electron chi connectivity index (χ0n) is 13.8. The number of aromatic hydroxyl groups is 1. The Hall–Kier alpha value is -2.81. The molecule has 0 aliphatic carbocycles. The number of esters is 1. The molecule has 1 aliphatic rings. The molecule has 0 spiro atoms. The Morgan fingerprint density at radius 2 is 1.71 bits per heavy atom. The second-order valence-electron chi connectivity index (χ2n) is 6.20. The van der Waals surface area contributed by atoms with Crippen molar-refractivity contribution >= 4 is 12.0 Å². The number of benzene rings is 2. The van der Waals surface area contributed by atoms with Crippen molar-refractivity contribution in [1.82, 2.24) is 0 Å². The van der Waals surface area contributed by atoms with E-state index in [-0.39, 0.29) is 17.6 Å². The Labute approximate surface area is 141 Å². The van der Waals surface area contributed by atoms with Crippen LogP contribution < -0.4 is 0 Å². The Balaban J connectivity index is 1.98. The monoisotopic (exact) mass is 320 g/mol. The van der Waals surface area contributed by atoms with E-state index in [9.17, 15) is 9.90 Å². The van der Waals surface area contributed by atoms with Gasteiger partial charge < -0.3 is 9.84 Å². The summed E-state index contributed by atoms with van der Waals surface area (Å²) in [5.41, 5.74) is 3.62. The van der Waals surface area contributed by atoms with Crippen LogP contribution in [-0.4, -0.2) is 11.1 Å². The lowest BCUT2D eigenvalue weighted by molar-refractivity contribution is -0.133. The summed E-state index contributed by atoms with van der Waals surface area (Å²) in [4.78, 5) is 12.4. The van der Waals surface area contributed by atoms with E-state index in [0.29, 0.717) is 17.8 Å². The van der Waals surface area contributed by atoms with Crippen molar-refractivity contribution in [3.05, 3.63) is 82.6 Å². The predicted molar refractivity (Wildman–Crippen MR) is 94.2 cm³/mol. The van der Waals surface area contributed by atoms with Crippen LogP contribution in [0.4, 0.5) is 0 Å². The topological polar surface area (TPSA) is 46.5 Å². The Morgan fingerprint density at radius 1 is 1.04 bits per heavy atom. The fourth-order valence-electron chi connectivity index (χ4n) is 2.90. The van der Waals surface area contributed by atoms with Crippen LogP contribution in [0.5, 0.6) is 5.75 Å². The van der Waals surface area contributed by atoms with Gasteiger partial charge in [0, 0.05) is 17.6 Å². The smallest absolute Gasteiger partial charge is 0.340 e. The lowest BCUT2D eigenvalue weighted by Gasteiger charge is -2.09. The first kappa shape index (κ1) is 16.1. The molecule has 24 heavy (non-hydrogen) atoms. The first-order chi connectivity index (χ1) is 11.5. The Kier molecular flexibility index (Phi) is 4.52. The minimum Gasteiger partial charge on any atom is -0.508 e. The molecule has 1 aliphatic heterocycles. The van der Waals surface area contributed by atoms with Crippen molar-refractivity contribution in [2.45, 2.75) is 20.3 Å². The molecule has 0 amide bonds. The van der Waals surface area contributed by atoms with E-state index in [2.05, 4.69) is 13.8 Å². The number of cyclic esters (lactones) is 1. The average molecular weight is 320 g/mol. The number of carbonyl (C=O) groups excluding carboxylic acids is 1. The van der Waals surface area contributed by atoms with E-state index >= 15 is 0 Å². The van der Waals surface area contributed by atoms with Gasteiger partial charge in [0.05, 0.1) is 0 Å². The molecule has 0 fully saturated rings. The van der Waals surface area contributed by atoms with Crippen LogP contribution in [0.3, 0.4) is 0 Å². The molecule has 0 bridgehead atoms. The number of ether oxygens (including phenoxy) is 1. The van der Waals surface area contributed by atoms with Crippen molar-refractivity contribution in [1.29, 1.82) is 0 Å². The number of rotatable bonds is 4. The highest BCUT2D eigenvalue weighted by Crippen LogP contribution is 2.35. The van der Waals surface area contributed by atoms with Gasteiger partial charge >= 0.3 is 5.97 Å². The number of carbonyl (C=O) groups is 1. The third kappa shape index (κ3) is 3.40. The summed E-state index contributed by atoms with van der Waals surface area (Å²) >= 11 is 0. The molecule has 0 unspecified atom stereocenters. The number of hydrogen-bond donors (Lipinski definition) is 1. The maximum Gasteiger partial charge on any atom is 0.340 e. The van der Waals surface area contributed by atoms with Crippen LogP contribution >= 0.6 is 0 Å². The minimum absolute atomic E-state index is 0.179. The fourth-order valence-corrected chi connectivity index (χ4v) is 2.90. The molecular weight excluding hydrogens is 300 g/mol. The Bertz CT molecular complexity index is 797. The molecule has 1 heterocycles. The van der Waals surface area contributed by atoms with E-state index < -0.39 is 0 Å². The maximum atomic E-state index is 12.4. The first-order valence-electron chi connectivity index (χ1n) is 8.05. The molecule has 0 radical (unpaired) electrons. The SMILES string of the molecule is CC(C)C1=C(Cc2ccc(O)cc2)C(=O)O/C1=C\c1ccccc1. The van der Waals surface area contributed by atoms with Gasteiger partial charge in [-0.15, -0.1) is 0 Å². The lowest BCUT2D eigenvalue weighted by atomic mass is 9.92. The van der Waals surface area contributed by atoms with Crippen LogP contribution in [-0.2, 0) is 16.0 Å². The summed E-state index contributed by atoms with van der Waals surface area (Å²) in [6, 6.07) is 16.8. The van der Waals surface area contributed by atoms with Crippen LogP contribution in [0.2, 0.25) is 0 Å². The van der Waals surface area contributed by atoms with Gasteiger partial charge in [0.2, 0.25) is 0 Å². The van der Waals surface area contributed by atoms with Crippen molar-refractivity contribution < 1.29 is 14.6 Å². The fraction of sp³-hybridized carbons (Fsp3) is 0.190. The largest absolute Gasteiger partial charge is 0.508 e. The van der Waals surface area contributed by atoms with E-state index in [4.69, 9.17) is 4.74 Å². The van der Waals surface area contributed by atoms with Gasteiger partial charge in [-0.3, -0.25) is 0 Å². The quantitative estimate of drug-likeness (QED) is 0.845. The molecule has 3 heteroatoms. The van der Waals surface area contributed by atoms with E-state index in [0.717, 1.165) is 16.7 Å². The van der Waals surface area contributed by atoms with Crippen LogP contribution in [0.25, 0.3) is 6.08 Å². The molecule has 0 aromatic heterocycles. The zero-order valence-corrected chi connectivity index (χ0v) is 13.8. The molecular formula is C21H20O3. The van der Waals surface area contributed by atoms with E-state index in [1.165, 1.54) is 0 Å². The standard InChI is InChI=1S/C21H20O3/c1-14(2)20-18(12-16-8-10-17(22)11-9-16)21(23)24-19(20)13-15-6-4-3-5-7-15/h3-11,13-14,22H,12H2,1-2H3/b19-13-. The van der Waals surface area contributed by atoms with Gasteiger partial charge in [-0.05, 0) is 35.3 Å². The van der Waals surface area contributed by atoms with Crippen molar-refractivity contribution in [2.24, 2.45) is 5.92 Å². The third-order valence-corrected chi connectivity index (χ3v) is 4.03. The highest BCUT2D eigenvalue weighted by atomic mass is 16.5. The highest BCUT2D eigenvalue weighted by Gasteiger charge is 2.31. The molecule has 1 N–H and O–H groups in total. The summed E-state index contributed by atoms with van der Waals surface area (Å²) in [6.07, 6.45) is 2.41. The van der Waals surface area contributed by atoms with Crippen LogP contribution in [0, 0.1) is 5.92 Å². The summed E-state index contributed by atoms with van der Waals surface area (Å²) in [5, 5.41) is 9.40. The van der Waals surface area contributed by atoms with Crippen molar-refractivity contribution in [3.8, 4) is 5.75 Å². The third-order valence-electron chi connectivity index (χ3n) is 4.03. The number of phenols is 1. The normalized spacial score (nSPS) is 16.1. The molecule has 0 saturated carbocycles. The summed E-state index contributed by atoms with van der Waals surface area (Å²) in [6.45, 7) is 4.12. The van der Waals surface area contributed by atoms with Gasteiger partial charge in [-0.2, -0.15) is 0 Å². The minimum atomic E-state index is -0.283. The van der Waals surface area contributed by atoms with Gasteiger partial charge in [-0.1, -0.05) is 56.3 Å². The second-order valence-corrected chi connectivity index (χ2v) is 6.20. The second kappa shape index (κ2) is 6.75. The van der Waals surface area contributed by atoms with E-state index in [1.54, 1.807) is 12.1 Å². The van der Waals surface area contributed by atoms with Crippen molar-refractivity contribution in [3.63, 3.8) is 0 Å². The van der Waals surface area contributed by atoms with E-state index in [1.807, 2.05) is 48.5 Å². The molecule has 2 aromatic rings. The summed E-state index contributed by atoms with van der Waals surface area (Å²) < 4.78 is 5.55. The molecule has 3 nitrogen and oxygen atoms in total. The molecule has 2 aromatic carbocycles. The van der Waals surface area contributed by atoms with Gasteiger partial charge in [0.25, 0.3) is 0 Å². The molecule has 122 valence electrons. The zero-order chi connectivity index (χ0) is 17.1. The Morgan fingerprint density at radius 3 is 2.33 bits per heavy atom. The number of phenolic OH excluding ortho intramolecular Hbond substituents is 1. The number of hydrogen-bond acceptors (Lipinski definition) is 3. The first-order valence-corrected chi connectivity index (χ1v) is 8.05. The number of allylic oxidation sites excluding steroid dienone is 1. The van der Waals surface area contributed by atoms with Gasteiger partial charge in [0.15, 0.2) is 0 Å². The maximum absolute atomic E-state index is 12.4. The average Bonchev–Trinajstić information content (AvgIpc) is 2.86. The van der Waals surface area contributed by atoms with Crippen LogP contribution in [0.1, 0.15) is 25.0 Å². The molecule has 0 atom stereocenters. The van der Waals surface area contributed by atoms with Crippen LogP contribution in [0.15, 0.2) is 71.5 Å². The van der Waals surface area contributed by atoms with Crippen molar-refractivity contribution in [2.75, 3.05) is 0 Å². The predicted octanol–water partition coefficient (Wildman–Crippen LogP) is 4.49. The van der Waals surface area contributed by atoms with Gasteiger partial charge in [0.1, 0.15) is 11.5 Å². The molecule has 3 rings (SSSR count). The van der Waals surface area contributed by atoms with Gasteiger partial charge in [-0.25, -0.2) is 4.79 Å².